The van der Waals surface area contributed by atoms with Gasteiger partial charge in [0, 0.05) is 23.9 Å². The van der Waals surface area contributed by atoms with Crippen molar-refractivity contribution < 1.29 is 24.2 Å². The van der Waals surface area contributed by atoms with Crippen LogP contribution in [0, 0.1) is 11.8 Å². The van der Waals surface area contributed by atoms with Crippen LogP contribution in [0.4, 0.5) is 0 Å². The number of Topliss-reactive ketones (excluding diaryl/α,β-unsaturated/α-hetero) is 2. The number of unbranched alkanes of at least 4 members (excludes halogenated alkanes) is 5. The largest absolute Gasteiger partial charge is 0.483 e. The van der Waals surface area contributed by atoms with E-state index in [4.69, 9.17) is 4.74 Å². The van der Waals surface area contributed by atoms with Gasteiger partial charge in [-0.05, 0) is 55.9 Å². The summed E-state index contributed by atoms with van der Waals surface area (Å²) in [5.41, 5.74) is 2.45. The summed E-state index contributed by atoms with van der Waals surface area (Å²) < 4.78 is 7.59. The number of carboxylic acids is 1. The van der Waals surface area contributed by atoms with Crippen molar-refractivity contribution in [3.63, 3.8) is 0 Å². The quantitative estimate of drug-likeness (QED) is 0.173. The second-order valence-electron chi connectivity index (χ2n) is 10.4. The van der Waals surface area contributed by atoms with Crippen molar-refractivity contribution in [2.45, 2.75) is 105 Å². The van der Waals surface area contributed by atoms with Crippen LogP contribution in [0.25, 0.3) is 0 Å². The first-order chi connectivity index (χ1) is 17.7. The predicted molar refractivity (Wildman–Crippen MR) is 147 cm³/mol. The van der Waals surface area contributed by atoms with Gasteiger partial charge in [0.05, 0.1) is 12.5 Å². The lowest BCUT2D eigenvalue weighted by Crippen LogP contribution is -2.27. The Labute approximate surface area is 222 Å². The topological polar surface area (TPSA) is 85.6 Å². The lowest BCUT2D eigenvalue weighted by atomic mass is 9.93. The van der Waals surface area contributed by atoms with Crippen molar-refractivity contribution in [3.8, 4) is 5.75 Å². The standard InChI is InChI=1S/C31H45NO5/c1-6-8-9-10-11-12-13-24-14-16-27(17-15-24)37-23(5)29(33)21-32-19-26(18-25(7-2)31(35)36)28(20-32)30(34)22(3)4/h14-17,19-20,22-23,25H,6-13,18,21H2,1-5H3,(H,35,36). The fourth-order valence-corrected chi connectivity index (χ4v) is 4.44. The molecule has 0 saturated heterocycles. The van der Waals surface area contributed by atoms with Crippen molar-refractivity contribution in [1.29, 1.82) is 0 Å². The Morgan fingerprint density at radius 3 is 2.16 bits per heavy atom. The molecule has 6 heteroatoms. The Bertz CT molecular complexity index is 1010. The van der Waals surface area contributed by atoms with Crippen LogP contribution in [0.2, 0.25) is 0 Å². The Balaban J connectivity index is 1.97. The highest BCUT2D eigenvalue weighted by molar-refractivity contribution is 5.99. The molecular weight excluding hydrogens is 466 g/mol. The van der Waals surface area contributed by atoms with E-state index < -0.39 is 18.0 Å². The molecule has 0 saturated carbocycles. The van der Waals surface area contributed by atoms with Crippen LogP contribution in [0.15, 0.2) is 36.7 Å². The average molecular weight is 512 g/mol. The minimum Gasteiger partial charge on any atom is -0.483 e. The van der Waals surface area contributed by atoms with E-state index >= 15 is 0 Å². The molecule has 1 N–H and O–H groups in total. The van der Waals surface area contributed by atoms with Crippen LogP contribution in [0.3, 0.4) is 0 Å². The molecular formula is C31H45NO5. The molecule has 204 valence electrons. The van der Waals surface area contributed by atoms with E-state index in [0.717, 1.165) is 6.42 Å². The smallest absolute Gasteiger partial charge is 0.306 e. The number of aromatic nitrogens is 1. The zero-order valence-electron chi connectivity index (χ0n) is 23.3. The minimum absolute atomic E-state index is 0.0493. The summed E-state index contributed by atoms with van der Waals surface area (Å²) in [5, 5.41) is 9.48. The molecule has 0 radical (unpaired) electrons. The summed E-state index contributed by atoms with van der Waals surface area (Å²) in [5.74, 6) is -1.19. The summed E-state index contributed by atoms with van der Waals surface area (Å²) in [4.78, 5) is 37.2. The van der Waals surface area contributed by atoms with Crippen molar-refractivity contribution in [1.82, 2.24) is 4.57 Å². The Kier molecular flexibility index (Phi) is 12.6. The highest BCUT2D eigenvalue weighted by Crippen LogP contribution is 2.22. The van der Waals surface area contributed by atoms with Crippen molar-refractivity contribution in [3.05, 3.63) is 53.3 Å². The monoisotopic (exact) mass is 511 g/mol. The maximum atomic E-state index is 12.9. The second-order valence-corrected chi connectivity index (χ2v) is 10.4. The lowest BCUT2D eigenvalue weighted by molar-refractivity contribution is -0.141. The maximum Gasteiger partial charge on any atom is 0.306 e. The van der Waals surface area contributed by atoms with Gasteiger partial charge in [-0.25, -0.2) is 0 Å². The van der Waals surface area contributed by atoms with Crippen LogP contribution in [-0.4, -0.2) is 33.3 Å². The second kappa shape index (κ2) is 15.4. The van der Waals surface area contributed by atoms with Crippen molar-refractivity contribution >= 4 is 17.5 Å². The van der Waals surface area contributed by atoms with Gasteiger partial charge in [0.25, 0.3) is 0 Å². The minimum atomic E-state index is -0.880. The Morgan fingerprint density at radius 1 is 0.919 bits per heavy atom. The third-order valence-electron chi connectivity index (χ3n) is 6.91. The summed E-state index contributed by atoms with van der Waals surface area (Å²) in [6.45, 7) is 9.47. The van der Waals surface area contributed by atoms with Gasteiger partial charge in [-0.3, -0.25) is 14.4 Å². The zero-order chi connectivity index (χ0) is 27.4. The van der Waals surface area contributed by atoms with Crippen molar-refractivity contribution in [2.24, 2.45) is 11.8 Å². The summed E-state index contributed by atoms with van der Waals surface area (Å²) in [7, 11) is 0. The van der Waals surface area contributed by atoms with Gasteiger partial charge in [-0.15, -0.1) is 0 Å². The number of carbonyl (C=O) groups is 3. The molecule has 1 heterocycles. The van der Waals surface area contributed by atoms with E-state index in [1.807, 2.05) is 32.9 Å². The number of aryl methyl sites for hydroxylation is 1. The van der Waals surface area contributed by atoms with Gasteiger partial charge >= 0.3 is 5.97 Å². The number of carboxylic acid groups (broad SMARTS) is 1. The molecule has 0 fully saturated rings. The molecule has 2 rings (SSSR count). The van der Waals surface area contributed by atoms with Crippen LogP contribution in [0.5, 0.6) is 5.75 Å². The Hall–Kier alpha value is -2.89. The SMILES string of the molecule is CCCCCCCCc1ccc(OC(C)C(=O)Cn2cc(CC(CC)C(=O)O)c(C(=O)C(C)C)c2)cc1. The third-order valence-corrected chi connectivity index (χ3v) is 6.91. The molecule has 37 heavy (non-hydrogen) atoms. The molecule has 0 amide bonds. The fraction of sp³-hybridized carbons (Fsp3) is 0.581. The number of hydrogen-bond acceptors (Lipinski definition) is 4. The Morgan fingerprint density at radius 2 is 1.57 bits per heavy atom. The van der Waals surface area contributed by atoms with Crippen LogP contribution >= 0.6 is 0 Å². The molecule has 0 aliphatic carbocycles. The van der Waals surface area contributed by atoms with Gasteiger partial charge in [0.2, 0.25) is 0 Å². The molecule has 1 aromatic carbocycles. The van der Waals surface area contributed by atoms with Gasteiger partial charge in [-0.1, -0.05) is 71.9 Å². The zero-order valence-corrected chi connectivity index (χ0v) is 23.3. The normalized spacial score (nSPS) is 12.9. The van der Waals surface area contributed by atoms with E-state index in [9.17, 15) is 19.5 Å². The van der Waals surface area contributed by atoms with Gasteiger partial charge < -0.3 is 14.4 Å². The van der Waals surface area contributed by atoms with Gasteiger partial charge in [-0.2, -0.15) is 0 Å². The summed E-state index contributed by atoms with van der Waals surface area (Å²) in [6, 6.07) is 7.96. The number of hydrogen-bond donors (Lipinski definition) is 1. The number of benzene rings is 1. The lowest BCUT2D eigenvalue weighted by Gasteiger charge is -2.14. The molecule has 0 spiro atoms. The van der Waals surface area contributed by atoms with E-state index in [1.54, 1.807) is 23.9 Å². The third kappa shape index (κ3) is 9.83. The number of nitrogens with zero attached hydrogens (tertiary/aromatic N) is 1. The summed E-state index contributed by atoms with van der Waals surface area (Å²) in [6.07, 6.45) is 12.2. The van der Waals surface area contributed by atoms with E-state index in [1.165, 1.54) is 44.1 Å². The number of aliphatic carboxylic acids is 1. The van der Waals surface area contributed by atoms with E-state index in [-0.39, 0.29) is 30.4 Å². The molecule has 2 aromatic rings. The highest BCUT2D eigenvalue weighted by atomic mass is 16.5. The van der Waals surface area contributed by atoms with Crippen LogP contribution in [0.1, 0.15) is 101 Å². The van der Waals surface area contributed by atoms with Crippen molar-refractivity contribution in [2.75, 3.05) is 0 Å². The first-order valence-corrected chi connectivity index (χ1v) is 13.9. The van der Waals surface area contributed by atoms with E-state index in [0.29, 0.717) is 23.3 Å². The first kappa shape index (κ1) is 30.3. The summed E-state index contributed by atoms with van der Waals surface area (Å²) >= 11 is 0. The molecule has 6 nitrogen and oxygen atoms in total. The van der Waals surface area contributed by atoms with Gasteiger partial charge in [0.1, 0.15) is 5.75 Å². The number of ether oxygens (including phenoxy) is 1. The van der Waals surface area contributed by atoms with E-state index in [2.05, 4.69) is 19.1 Å². The fourth-order valence-electron chi connectivity index (χ4n) is 4.44. The molecule has 0 aliphatic heterocycles. The number of rotatable bonds is 18. The molecule has 0 bridgehead atoms. The predicted octanol–water partition coefficient (Wildman–Crippen LogP) is 6.92. The van der Waals surface area contributed by atoms with Gasteiger partial charge in [0.15, 0.2) is 17.7 Å². The number of ketones is 2. The molecule has 1 aromatic heterocycles. The molecule has 2 atom stereocenters. The molecule has 0 aliphatic rings. The maximum absolute atomic E-state index is 12.9. The average Bonchev–Trinajstić information content (AvgIpc) is 3.26. The number of carbonyl (C=O) groups excluding carboxylic acids is 2. The first-order valence-electron chi connectivity index (χ1n) is 13.9. The highest BCUT2D eigenvalue weighted by Gasteiger charge is 2.24. The van der Waals surface area contributed by atoms with Crippen LogP contribution < -0.4 is 4.74 Å². The molecule has 2 unspecified atom stereocenters. The van der Waals surface area contributed by atoms with Crippen LogP contribution in [-0.2, 0) is 29.0 Å².